The Morgan fingerprint density at radius 1 is 1.10 bits per heavy atom. The van der Waals surface area contributed by atoms with E-state index in [0.717, 1.165) is 19.1 Å². The molecule has 2 N–H and O–H groups in total. The number of nitrogens with two attached hydrogens (primary N) is 1. The number of ether oxygens (including phenoxy) is 1. The van der Waals surface area contributed by atoms with Crippen molar-refractivity contribution in [1.29, 1.82) is 0 Å². The summed E-state index contributed by atoms with van der Waals surface area (Å²) < 4.78 is 18.9. The third-order valence-electron chi connectivity index (χ3n) is 3.81. The third kappa shape index (κ3) is 4.46. The van der Waals surface area contributed by atoms with Crippen molar-refractivity contribution in [3.63, 3.8) is 0 Å². The highest BCUT2D eigenvalue weighted by Crippen LogP contribution is 2.19. The van der Waals surface area contributed by atoms with E-state index in [4.69, 9.17) is 15.3 Å². The van der Waals surface area contributed by atoms with E-state index in [1.807, 2.05) is 0 Å². The van der Waals surface area contributed by atoms with E-state index in [-0.39, 0.29) is 18.0 Å². The van der Waals surface area contributed by atoms with Crippen molar-refractivity contribution in [3.8, 4) is 11.4 Å². The Bertz CT molecular complexity index is 1110. The Kier molecular flexibility index (Phi) is 5.68. The van der Waals surface area contributed by atoms with Gasteiger partial charge in [0.15, 0.2) is 11.4 Å². The predicted molar refractivity (Wildman–Crippen MR) is 101 cm³/mol. The van der Waals surface area contributed by atoms with Gasteiger partial charge in [-0.05, 0) is 29.8 Å². The Labute approximate surface area is 164 Å². The molecule has 9 heteroatoms. The molecule has 0 spiro atoms. The Morgan fingerprint density at radius 3 is 2.38 bits per heavy atom. The highest BCUT2D eigenvalue weighted by molar-refractivity contribution is 5.94. The number of esters is 1. The molecule has 0 saturated carbocycles. The summed E-state index contributed by atoms with van der Waals surface area (Å²) in [4.78, 5) is 45.7. The van der Waals surface area contributed by atoms with Crippen molar-refractivity contribution < 1.29 is 23.6 Å². The van der Waals surface area contributed by atoms with Crippen molar-refractivity contribution in [3.05, 3.63) is 81.9 Å². The first-order valence-electron chi connectivity index (χ1n) is 8.45. The molecular formula is C20H16FN3O5. The predicted octanol–water partition coefficient (Wildman–Crippen LogP) is 1.96. The minimum absolute atomic E-state index is 0.0914. The first-order chi connectivity index (χ1) is 13.9. The number of nitrogens with zero attached hydrogens (tertiary/aromatic N) is 2. The van der Waals surface area contributed by atoms with Crippen molar-refractivity contribution in [1.82, 2.24) is 9.71 Å². The van der Waals surface area contributed by atoms with Crippen LogP contribution >= 0.6 is 0 Å². The molecule has 29 heavy (non-hydrogen) atoms. The number of halogens is 1. The van der Waals surface area contributed by atoms with Gasteiger partial charge in [-0.1, -0.05) is 30.3 Å². The van der Waals surface area contributed by atoms with Crippen LogP contribution < -0.4 is 16.1 Å². The molecule has 2 aromatic carbocycles. The van der Waals surface area contributed by atoms with Gasteiger partial charge in [-0.3, -0.25) is 4.79 Å². The minimum Gasteiger partial charge on any atom is -0.457 e. The minimum atomic E-state index is -1.02. The van der Waals surface area contributed by atoms with Gasteiger partial charge >= 0.3 is 17.5 Å². The fourth-order valence-corrected chi connectivity index (χ4v) is 2.50. The van der Waals surface area contributed by atoms with Crippen LogP contribution in [0.15, 0.2) is 59.4 Å². The SMILES string of the molecule is CC(=O)On1c(-c2ccc(F)cc2)nc(N)c(C(=O)OCc2ccccc2)c1=O. The summed E-state index contributed by atoms with van der Waals surface area (Å²) in [6, 6.07) is 13.7. The second kappa shape index (κ2) is 8.34. The molecule has 1 heterocycles. The third-order valence-corrected chi connectivity index (χ3v) is 3.81. The van der Waals surface area contributed by atoms with Crippen molar-refractivity contribution in [2.45, 2.75) is 13.5 Å². The molecule has 148 valence electrons. The number of rotatable bonds is 5. The standard InChI is InChI=1S/C20H16FN3O5/c1-12(25)29-24-18(14-7-9-15(21)10-8-14)23-17(22)16(19(24)26)20(27)28-11-13-5-3-2-4-6-13/h2-10H,11,22H2,1H3. The number of carbonyl (C=O) groups excluding carboxylic acids is 2. The highest BCUT2D eigenvalue weighted by Gasteiger charge is 2.25. The summed E-state index contributed by atoms with van der Waals surface area (Å²) >= 11 is 0. The number of hydrogen-bond acceptors (Lipinski definition) is 7. The van der Waals surface area contributed by atoms with Crippen LogP contribution in [0.1, 0.15) is 22.8 Å². The molecule has 0 unspecified atom stereocenters. The topological polar surface area (TPSA) is 114 Å². The zero-order valence-corrected chi connectivity index (χ0v) is 15.3. The number of aromatic nitrogens is 2. The molecule has 0 radical (unpaired) electrons. The van der Waals surface area contributed by atoms with Gasteiger partial charge in [0.2, 0.25) is 0 Å². The lowest BCUT2D eigenvalue weighted by Gasteiger charge is -2.14. The number of benzene rings is 2. The summed E-state index contributed by atoms with van der Waals surface area (Å²) in [6.45, 7) is 0.983. The largest absolute Gasteiger partial charge is 0.457 e. The van der Waals surface area contributed by atoms with Crippen LogP contribution in [0, 0.1) is 5.82 Å². The first kappa shape index (κ1) is 19.7. The van der Waals surface area contributed by atoms with Gasteiger partial charge in [0.25, 0.3) is 0 Å². The van der Waals surface area contributed by atoms with E-state index in [0.29, 0.717) is 10.3 Å². The Morgan fingerprint density at radius 2 is 1.76 bits per heavy atom. The molecule has 0 atom stereocenters. The monoisotopic (exact) mass is 397 g/mol. The van der Waals surface area contributed by atoms with Gasteiger partial charge < -0.3 is 15.3 Å². The lowest BCUT2D eigenvalue weighted by molar-refractivity contribution is -0.141. The molecule has 0 aliphatic heterocycles. The van der Waals surface area contributed by atoms with E-state index in [1.165, 1.54) is 12.1 Å². The van der Waals surface area contributed by atoms with Crippen LogP contribution in [0.5, 0.6) is 0 Å². The van der Waals surface area contributed by atoms with Gasteiger partial charge in [0, 0.05) is 12.5 Å². The second-order valence-corrected chi connectivity index (χ2v) is 5.95. The first-order valence-corrected chi connectivity index (χ1v) is 8.45. The molecule has 8 nitrogen and oxygen atoms in total. The smallest absolute Gasteiger partial charge is 0.348 e. The second-order valence-electron chi connectivity index (χ2n) is 5.95. The molecular weight excluding hydrogens is 381 g/mol. The summed E-state index contributed by atoms with van der Waals surface area (Å²) in [5, 5.41) is 0. The fraction of sp³-hybridized carbons (Fsp3) is 0.100. The lowest BCUT2D eigenvalue weighted by Crippen LogP contribution is -2.36. The van der Waals surface area contributed by atoms with E-state index in [9.17, 15) is 18.8 Å². The molecule has 3 aromatic rings. The summed E-state index contributed by atoms with van der Waals surface area (Å²) in [5.41, 5.74) is 5.18. The van der Waals surface area contributed by atoms with Crippen molar-refractivity contribution >= 4 is 17.8 Å². The van der Waals surface area contributed by atoms with Crippen LogP contribution in [0.25, 0.3) is 11.4 Å². The maximum atomic E-state index is 13.2. The summed E-state index contributed by atoms with van der Waals surface area (Å²) in [7, 11) is 0. The molecule has 0 bridgehead atoms. The van der Waals surface area contributed by atoms with Crippen LogP contribution in [-0.2, 0) is 16.1 Å². The summed E-state index contributed by atoms with van der Waals surface area (Å²) in [6.07, 6.45) is 0. The Hall–Kier alpha value is -4.01. The number of carbonyl (C=O) groups is 2. The van der Waals surface area contributed by atoms with Gasteiger partial charge in [-0.25, -0.2) is 19.0 Å². The summed E-state index contributed by atoms with van der Waals surface area (Å²) in [5.74, 6) is -2.93. The molecule has 3 rings (SSSR count). The number of nitrogen functional groups attached to an aromatic ring is 1. The molecule has 0 fully saturated rings. The van der Waals surface area contributed by atoms with E-state index in [2.05, 4.69) is 4.98 Å². The molecule has 0 amide bonds. The van der Waals surface area contributed by atoms with Crippen LogP contribution in [-0.4, -0.2) is 21.7 Å². The molecule has 0 aliphatic carbocycles. The van der Waals surface area contributed by atoms with Crippen molar-refractivity contribution in [2.24, 2.45) is 0 Å². The Balaban J connectivity index is 2.02. The number of anilines is 1. The average molecular weight is 397 g/mol. The van der Waals surface area contributed by atoms with Crippen LogP contribution in [0.4, 0.5) is 10.2 Å². The average Bonchev–Trinajstić information content (AvgIpc) is 2.69. The maximum absolute atomic E-state index is 13.2. The van der Waals surface area contributed by atoms with Gasteiger partial charge in [0.1, 0.15) is 18.2 Å². The zero-order chi connectivity index (χ0) is 21.0. The number of hydrogen-bond donors (Lipinski definition) is 1. The molecule has 0 aliphatic rings. The van der Waals surface area contributed by atoms with Crippen LogP contribution in [0.2, 0.25) is 0 Å². The van der Waals surface area contributed by atoms with E-state index < -0.39 is 34.7 Å². The van der Waals surface area contributed by atoms with Crippen molar-refractivity contribution in [2.75, 3.05) is 5.73 Å². The van der Waals surface area contributed by atoms with Gasteiger partial charge in [-0.2, -0.15) is 0 Å². The van der Waals surface area contributed by atoms with E-state index >= 15 is 0 Å². The normalized spacial score (nSPS) is 10.4. The molecule has 0 saturated heterocycles. The zero-order valence-electron chi connectivity index (χ0n) is 15.3. The van der Waals surface area contributed by atoms with Gasteiger partial charge in [-0.15, -0.1) is 4.73 Å². The van der Waals surface area contributed by atoms with Gasteiger partial charge in [0.05, 0.1) is 0 Å². The fourth-order valence-electron chi connectivity index (χ4n) is 2.50. The molecule has 1 aromatic heterocycles. The quantitative estimate of drug-likeness (QED) is 0.655. The van der Waals surface area contributed by atoms with Crippen LogP contribution in [0.3, 0.4) is 0 Å². The highest BCUT2D eigenvalue weighted by atomic mass is 19.1. The lowest BCUT2D eigenvalue weighted by atomic mass is 10.2. The maximum Gasteiger partial charge on any atom is 0.348 e. The van der Waals surface area contributed by atoms with E-state index in [1.54, 1.807) is 30.3 Å².